The first-order valence-corrected chi connectivity index (χ1v) is 37.5. The van der Waals surface area contributed by atoms with E-state index in [-0.39, 0.29) is 25.2 Å². The molecule has 0 bridgehead atoms. The summed E-state index contributed by atoms with van der Waals surface area (Å²) < 4.78 is 10.8. The molecule has 0 aromatic carbocycles. The van der Waals surface area contributed by atoms with Gasteiger partial charge in [0.25, 0.3) is 0 Å². The fourth-order valence-electron chi connectivity index (χ4n) is 11.4. The molecule has 0 spiro atoms. The monoisotopic (exact) mass is 1170 g/mol. The normalized spacial score (nSPS) is 12.6. The highest BCUT2D eigenvalue weighted by Crippen LogP contribution is 2.19. The fraction of sp³-hybridized carbons (Fsp3) is 0.823. The van der Waals surface area contributed by atoms with Crippen LogP contribution in [-0.4, -0.2) is 36.4 Å². The van der Waals surface area contributed by atoms with Gasteiger partial charge >= 0.3 is 11.9 Å². The molecule has 5 heteroatoms. The lowest BCUT2D eigenvalue weighted by Crippen LogP contribution is -2.28. The molecule has 0 fully saturated rings. The number of carbonyl (C=O) groups is 2. The summed E-state index contributed by atoms with van der Waals surface area (Å²) in [5, 5.41) is 9.72. The summed E-state index contributed by atoms with van der Waals surface area (Å²) in [6, 6.07) is 0. The average Bonchev–Trinajstić information content (AvgIpc) is 3.51. The standard InChI is InChI=1S/C79H144O5/c1-3-5-7-9-11-13-15-17-19-21-23-25-27-29-31-33-35-37-38-39-40-42-43-45-47-49-51-53-55-57-59-61-63-65-67-69-71-73-78(81)83-76-77(75-80)84-79(82)74-72-70-68-66-64-62-60-58-56-54-52-50-48-46-44-41-36-34-32-30-28-26-24-22-20-18-16-14-12-10-8-6-4-2/h6,8,12,14,18,20-21,23-24,26,30,32,77,80H,3-5,7,9-11,13,15-17,19,22,25,27-29,31,33-76H2,1-2H3/b8-6-,14-12-,20-18-,23-21-,26-24-,32-30-. The summed E-state index contributed by atoms with van der Waals surface area (Å²) in [5.41, 5.74) is 0. The van der Waals surface area contributed by atoms with E-state index in [1.54, 1.807) is 0 Å². The summed E-state index contributed by atoms with van der Waals surface area (Å²) in [5.74, 6) is -0.570. The zero-order valence-electron chi connectivity index (χ0n) is 56.4. The molecule has 0 aromatic heterocycles. The van der Waals surface area contributed by atoms with Crippen molar-refractivity contribution in [1.29, 1.82) is 0 Å². The molecule has 0 saturated heterocycles. The van der Waals surface area contributed by atoms with Crippen molar-refractivity contribution in [3.63, 3.8) is 0 Å². The molecular weight excluding hydrogens is 1030 g/mol. The van der Waals surface area contributed by atoms with E-state index in [0.29, 0.717) is 12.8 Å². The molecule has 0 aliphatic heterocycles. The lowest BCUT2D eigenvalue weighted by atomic mass is 10.0. The van der Waals surface area contributed by atoms with E-state index < -0.39 is 6.10 Å². The Hall–Kier alpha value is -2.66. The maximum Gasteiger partial charge on any atom is 0.306 e. The van der Waals surface area contributed by atoms with Crippen LogP contribution in [0.25, 0.3) is 0 Å². The fourth-order valence-corrected chi connectivity index (χ4v) is 11.4. The van der Waals surface area contributed by atoms with E-state index in [9.17, 15) is 14.7 Å². The SMILES string of the molecule is CC/C=C\C/C=C\C/C=C\C/C=C\C/C=C\CCCCCCCCCCCCCCCCCCCC(=O)OC(CO)COC(=O)CCCCCCCCCCCCCCCCCCCCCCCCCCC/C=C\CCCCCCCCCC. The Morgan fingerprint density at radius 3 is 0.786 bits per heavy atom. The Morgan fingerprint density at radius 2 is 0.512 bits per heavy atom. The molecule has 0 aliphatic rings. The third-order valence-corrected chi connectivity index (χ3v) is 17.0. The lowest BCUT2D eigenvalue weighted by Gasteiger charge is -2.15. The Bertz CT molecular complexity index is 1470. The average molecular weight is 1170 g/mol. The molecule has 0 heterocycles. The number of ether oxygens (including phenoxy) is 2. The Balaban J connectivity index is 3.39. The van der Waals surface area contributed by atoms with E-state index >= 15 is 0 Å². The van der Waals surface area contributed by atoms with Crippen LogP contribution >= 0.6 is 0 Å². The highest BCUT2D eigenvalue weighted by atomic mass is 16.6. The molecule has 0 radical (unpaired) electrons. The molecule has 0 aromatic rings. The molecular formula is C79H144O5. The summed E-state index contributed by atoms with van der Waals surface area (Å²) >= 11 is 0. The van der Waals surface area contributed by atoms with Gasteiger partial charge in [0.05, 0.1) is 6.61 Å². The summed E-state index contributed by atoms with van der Waals surface area (Å²) in [7, 11) is 0. The van der Waals surface area contributed by atoms with Crippen LogP contribution in [0.1, 0.15) is 399 Å². The summed E-state index contributed by atoms with van der Waals surface area (Å²) in [4.78, 5) is 24.7. The Morgan fingerprint density at radius 1 is 0.286 bits per heavy atom. The second-order valence-corrected chi connectivity index (χ2v) is 25.3. The van der Waals surface area contributed by atoms with E-state index in [1.807, 2.05) is 0 Å². The molecule has 0 amide bonds. The largest absolute Gasteiger partial charge is 0.462 e. The van der Waals surface area contributed by atoms with Crippen LogP contribution in [0.3, 0.4) is 0 Å². The minimum atomic E-state index is -0.773. The maximum atomic E-state index is 12.4. The number of carbonyl (C=O) groups excluding carboxylic acids is 2. The lowest BCUT2D eigenvalue weighted by molar-refractivity contribution is -0.161. The third-order valence-electron chi connectivity index (χ3n) is 17.0. The Kier molecular flexibility index (Phi) is 72.2. The van der Waals surface area contributed by atoms with Gasteiger partial charge in [0, 0.05) is 12.8 Å². The topological polar surface area (TPSA) is 72.8 Å². The second-order valence-electron chi connectivity index (χ2n) is 25.3. The van der Waals surface area contributed by atoms with Gasteiger partial charge in [-0.3, -0.25) is 9.59 Å². The number of unbranched alkanes of at least 4 members (excludes halogenated alkanes) is 50. The molecule has 490 valence electrons. The van der Waals surface area contributed by atoms with Crippen LogP contribution in [-0.2, 0) is 19.1 Å². The van der Waals surface area contributed by atoms with Gasteiger partial charge < -0.3 is 14.6 Å². The molecule has 0 saturated carbocycles. The van der Waals surface area contributed by atoms with Crippen molar-refractivity contribution < 1.29 is 24.2 Å². The van der Waals surface area contributed by atoms with Gasteiger partial charge in [-0.1, -0.05) is 376 Å². The minimum Gasteiger partial charge on any atom is -0.462 e. The van der Waals surface area contributed by atoms with Gasteiger partial charge in [-0.2, -0.15) is 0 Å². The number of rotatable bonds is 70. The van der Waals surface area contributed by atoms with Crippen LogP contribution < -0.4 is 0 Å². The molecule has 1 unspecified atom stereocenters. The molecule has 0 rings (SSSR count). The number of aliphatic hydroxyl groups is 1. The number of allylic oxidation sites excluding steroid dienone is 12. The molecule has 1 N–H and O–H groups in total. The number of hydrogen-bond donors (Lipinski definition) is 1. The zero-order valence-corrected chi connectivity index (χ0v) is 56.4. The van der Waals surface area contributed by atoms with Crippen LogP contribution in [0.2, 0.25) is 0 Å². The summed E-state index contributed by atoms with van der Waals surface area (Å²) in [6.07, 6.45) is 104. The van der Waals surface area contributed by atoms with Gasteiger partial charge in [-0.15, -0.1) is 0 Å². The second kappa shape index (κ2) is 74.6. The molecule has 0 aliphatic carbocycles. The first-order chi connectivity index (χ1) is 41.6. The van der Waals surface area contributed by atoms with Crippen molar-refractivity contribution >= 4 is 11.9 Å². The van der Waals surface area contributed by atoms with Gasteiger partial charge in [0.15, 0.2) is 6.10 Å². The van der Waals surface area contributed by atoms with Crippen molar-refractivity contribution in [2.24, 2.45) is 0 Å². The van der Waals surface area contributed by atoms with E-state index in [2.05, 4.69) is 86.8 Å². The highest BCUT2D eigenvalue weighted by Gasteiger charge is 2.16. The maximum absolute atomic E-state index is 12.4. The highest BCUT2D eigenvalue weighted by molar-refractivity contribution is 5.70. The molecule has 5 nitrogen and oxygen atoms in total. The van der Waals surface area contributed by atoms with E-state index in [1.165, 1.54) is 302 Å². The van der Waals surface area contributed by atoms with Crippen molar-refractivity contribution in [3.05, 3.63) is 72.9 Å². The van der Waals surface area contributed by atoms with Crippen molar-refractivity contribution in [3.8, 4) is 0 Å². The quantitative estimate of drug-likeness (QED) is 0.0373. The predicted octanol–water partition coefficient (Wildman–Crippen LogP) is 26.2. The van der Waals surface area contributed by atoms with Crippen molar-refractivity contribution in [1.82, 2.24) is 0 Å². The first-order valence-electron chi connectivity index (χ1n) is 37.5. The van der Waals surface area contributed by atoms with Gasteiger partial charge in [0.2, 0.25) is 0 Å². The van der Waals surface area contributed by atoms with Crippen LogP contribution in [0.15, 0.2) is 72.9 Å². The van der Waals surface area contributed by atoms with Crippen molar-refractivity contribution in [2.45, 2.75) is 405 Å². The minimum absolute atomic E-state index is 0.0618. The third kappa shape index (κ3) is 71.8. The van der Waals surface area contributed by atoms with E-state index in [4.69, 9.17) is 9.47 Å². The Labute approximate surface area is 524 Å². The van der Waals surface area contributed by atoms with Gasteiger partial charge in [-0.25, -0.2) is 0 Å². The predicted molar refractivity (Wildman–Crippen MR) is 371 cm³/mol. The number of esters is 2. The zero-order chi connectivity index (χ0) is 60.5. The number of hydrogen-bond acceptors (Lipinski definition) is 5. The smallest absolute Gasteiger partial charge is 0.306 e. The van der Waals surface area contributed by atoms with Crippen molar-refractivity contribution in [2.75, 3.05) is 13.2 Å². The van der Waals surface area contributed by atoms with E-state index in [0.717, 1.165) is 70.6 Å². The van der Waals surface area contributed by atoms with Crippen LogP contribution in [0.4, 0.5) is 0 Å². The summed E-state index contributed by atoms with van der Waals surface area (Å²) in [6.45, 7) is 4.08. The molecule has 84 heavy (non-hydrogen) atoms. The van der Waals surface area contributed by atoms with Crippen LogP contribution in [0.5, 0.6) is 0 Å². The van der Waals surface area contributed by atoms with Gasteiger partial charge in [0.1, 0.15) is 6.61 Å². The first kappa shape index (κ1) is 81.3. The van der Waals surface area contributed by atoms with Gasteiger partial charge in [-0.05, 0) is 83.5 Å². The number of aliphatic hydroxyl groups excluding tert-OH is 1. The molecule has 1 atom stereocenters. The van der Waals surface area contributed by atoms with Crippen LogP contribution in [0, 0.1) is 0 Å².